The fraction of sp³-hybridized carbons (Fsp3) is 0.333. The summed E-state index contributed by atoms with van der Waals surface area (Å²) in [6.45, 7) is 4.04. The minimum atomic E-state index is -0.0909. The molecule has 0 aliphatic carbocycles. The molecule has 0 saturated heterocycles. The van der Waals surface area contributed by atoms with Crippen LogP contribution in [0.15, 0.2) is 29.4 Å². The maximum atomic E-state index is 11.4. The van der Waals surface area contributed by atoms with Gasteiger partial charge in [-0.25, -0.2) is 5.43 Å². The van der Waals surface area contributed by atoms with Crippen LogP contribution in [0.3, 0.4) is 0 Å². The second kappa shape index (κ2) is 3.85. The molecule has 0 aromatic heterocycles. The molecule has 1 N–H and O–H groups in total. The van der Waals surface area contributed by atoms with Gasteiger partial charge in [0.1, 0.15) is 0 Å². The van der Waals surface area contributed by atoms with E-state index < -0.39 is 0 Å². The Kier molecular flexibility index (Phi) is 2.54. The molecule has 15 heavy (non-hydrogen) atoms. The van der Waals surface area contributed by atoms with Gasteiger partial charge in [0.05, 0.1) is 11.6 Å². The van der Waals surface area contributed by atoms with Crippen LogP contribution in [0.5, 0.6) is 0 Å². The van der Waals surface area contributed by atoms with Gasteiger partial charge < -0.3 is 0 Å². The van der Waals surface area contributed by atoms with Gasteiger partial charge >= 0.3 is 0 Å². The van der Waals surface area contributed by atoms with Gasteiger partial charge in [0, 0.05) is 0 Å². The molecule has 0 spiro atoms. The van der Waals surface area contributed by atoms with Crippen molar-refractivity contribution in [3.63, 3.8) is 0 Å². The topological polar surface area (TPSA) is 41.5 Å². The number of hydrazone groups is 1. The molecule has 2 rings (SSSR count). The maximum absolute atomic E-state index is 11.4. The molecule has 1 amide bonds. The lowest BCUT2D eigenvalue weighted by atomic mass is 9.94. The molecule has 0 fully saturated rings. The smallest absolute Gasteiger partial charge is 0.249 e. The van der Waals surface area contributed by atoms with E-state index in [0.717, 1.165) is 17.7 Å². The molecular formula is C12H14N2O. The monoisotopic (exact) mass is 202 g/mol. The summed E-state index contributed by atoms with van der Waals surface area (Å²) in [6.07, 6.45) is 0.790. The van der Waals surface area contributed by atoms with Crippen molar-refractivity contribution >= 4 is 11.6 Å². The fourth-order valence-electron chi connectivity index (χ4n) is 1.84. The minimum absolute atomic E-state index is 0.00834. The first kappa shape index (κ1) is 9.90. The number of nitrogens with zero attached hydrogens (tertiary/aromatic N) is 1. The number of aryl methyl sites for hydroxylation is 1. The van der Waals surface area contributed by atoms with Crippen molar-refractivity contribution in [3.05, 3.63) is 35.4 Å². The van der Waals surface area contributed by atoms with Crippen LogP contribution in [0.1, 0.15) is 24.5 Å². The molecule has 1 aromatic carbocycles. The molecule has 1 aliphatic heterocycles. The van der Waals surface area contributed by atoms with Crippen LogP contribution in [0.4, 0.5) is 0 Å². The van der Waals surface area contributed by atoms with Crippen molar-refractivity contribution in [2.75, 3.05) is 0 Å². The summed E-state index contributed by atoms with van der Waals surface area (Å²) < 4.78 is 0. The van der Waals surface area contributed by atoms with E-state index in [9.17, 15) is 4.79 Å². The summed E-state index contributed by atoms with van der Waals surface area (Å²) >= 11 is 0. The number of benzene rings is 1. The summed E-state index contributed by atoms with van der Waals surface area (Å²) in [7, 11) is 0. The van der Waals surface area contributed by atoms with Crippen molar-refractivity contribution < 1.29 is 4.79 Å². The Balaban J connectivity index is 2.35. The number of amides is 1. The average Bonchev–Trinajstić information content (AvgIpc) is 2.59. The van der Waals surface area contributed by atoms with Crippen LogP contribution in [0, 0.1) is 12.8 Å². The molecule has 3 heteroatoms. The van der Waals surface area contributed by atoms with Gasteiger partial charge in [-0.05, 0) is 18.9 Å². The molecule has 1 heterocycles. The Bertz CT molecular complexity index is 423. The predicted octanol–water partition coefficient (Wildman–Crippen LogP) is 1.86. The minimum Gasteiger partial charge on any atom is -0.272 e. The van der Waals surface area contributed by atoms with E-state index >= 15 is 0 Å². The third-order valence-electron chi connectivity index (χ3n) is 2.66. The lowest BCUT2D eigenvalue weighted by Gasteiger charge is -2.07. The van der Waals surface area contributed by atoms with Crippen molar-refractivity contribution in [3.8, 4) is 0 Å². The SMILES string of the molecule is CCC1C(=O)NN=C1c1cccc(C)c1. The second-order valence-electron chi connectivity index (χ2n) is 3.80. The molecule has 1 aliphatic rings. The van der Waals surface area contributed by atoms with Crippen LogP contribution in [-0.2, 0) is 4.79 Å². The highest BCUT2D eigenvalue weighted by atomic mass is 16.2. The molecule has 0 radical (unpaired) electrons. The summed E-state index contributed by atoms with van der Waals surface area (Å²) in [5, 5.41) is 4.10. The number of carbonyl (C=O) groups is 1. The standard InChI is InChI=1S/C12H14N2O/c1-3-10-11(13-14-12(10)15)9-6-4-5-8(2)7-9/h4-7,10H,3H2,1-2H3,(H,14,15). The Labute approximate surface area is 89.2 Å². The molecule has 1 unspecified atom stereocenters. The van der Waals surface area contributed by atoms with Crippen LogP contribution in [-0.4, -0.2) is 11.6 Å². The number of hydrogen-bond acceptors (Lipinski definition) is 2. The van der Waals surface area contributed by atoms with Crippen molar-refractivity contribution in [1.29, 1.82) is 0 Å². The van der Waals surface area contributed by atoms with Crippen molar-refractivity contribution in [2.45, 2.75) is 20.3 Å². The Morgan fingerprint density at radius 2 is 2.27 bits per heavy atom. The average molecular weight is 202 g/mol. The van der Waals surface area contributed by atoms with Crippen LogP contribution in [0.25, 0.3) is 0 Å². The zero-order valence-corrected chi connectivity index (χ0v) is 8.95. The summed E-state index contributed by atoms with van der Waals surface area (Å²) in [6, 6.07) is 8.08. The van der Waals surface area contributed by atoms with E-state index in [1.165, 1.54) is 5.56 Å². The number of rotatable bonds is 2. The first-order valence-corrected chi connectivity index (χ1v) is 5.17. The predicted molar refractivity (Wildman–Crippen MR) is 59.6 cm³/mol. The normalized spacial score (nSPS) is 20.0. The zero-order chi connectivity index (χ0) is 10.8. The Morgan fingerprint density at radius 3 is 2.93 bits per heavy atom. The lowest BCUT2D eigenvalue weighted by molar-refractivity contribution is -0.122. The van der Waals surface area contributed by atoms with E-state index in [4.69, 9.17) is 0 Å². The summed E-state index contributed by atoms with van der Waals surface area (Å²) in [5.41, 5.74) is 5.63. The Morgan fingerprint density at radius 1 is 1.47 bits per heavy atom. The van der Waals surface area contributed by atoms with E-state index in [1.54, 1.807) is 0 Å². The third kappa shape index (κ3) is 1.77. The molecule has 1 aromatic rings. The van der Waals surface area contributed by atoms with Crippen LogP contribution >= 0.6 is 0 Å². The van der Waals surface area contributed by atoms with E-state index in [-0.39, 0.29) is 11.8 Å². The van der Waals surface area contributed by atoms with Gasteiger partial charge in [-0.2, -0.15) is 5.10 Å². The van der Waals surface area contributed by atoms with Gasteiger partial charge in [-0.1, -0.05) is 36.8 Å². The van der Waals surface area contributed by atoms with Gasteiger partial charge in [-0.15, -0.1) is 0 Å². The van der Waals surface area contributed by atoms with E-state index in [2.05, 4.69) is 16.6 Å². The zero-order valence-electron chi connectivity index (χ0n) is 8.95. The molecule has 0 saturated carbocycles. The van der Waals surface area contributed by atoms with Crippen molar-refractivity contribution in [1.82, 2.24) is 5.43 Å². The fourth-order valence-corrected chi connectivity index (χ4v) is 1.84. The first-order valence-electron chi connectivity index (χ1n) is 5.17. The van der Waals surface area contributed by atoms with Gasteiger partial charge in [0.25, 0.3) is 0 Å². The van der Waals surface area contributed by atoms with Crippen molar-refractivity contribution in [2.24, 2.45) is 11.0 Å². The van der Waals surface area contributed by atoms with Gasteiger partial charge in [-0.3, -0.25) is 4.79 Å². The summed E-state index contributed by atoms with van der Waals surface area (Å²) in [4.78, 5) is 11.4. The molecule has 78 valence electrons. The van der Waals surface area contributed by atoms with Crippen LogP contribution < -0.4 is 5.43 Å². The highest BCUT2D eigenvalue weighted by Gasteiger charge is 2.28. The highest BCUT2D eigenvalue weighted by Crippen LogP contribution is 2.18. The van der Waals surface area contributed by atoms with Gasteiger partial charge in [0.15, 0.2) is 0 Å². The lowest BCUT2D eigenvalue weighted by Crippen LogP contribution is -2.22. The van der Waals surface area contributed by atoms with Crippen LogP contribution in [0.2, 0.25) is 0 Å². The van der Waals surface area contributed by atoms with E-state index in [1.807, 2.05) is 32.0 Å². The summed E-state index contributed by atoms with van der Waals surface area (Å²) in [5.74, 6) is -0.0826. The third-order valence-corrected chi connectivity index (χ3v) is 2.66. The number of nitrogens with one attached hydrogen (secondary N) is 1. The molecular weight excluding hydrogens is 188 g/mol. The second-order valence-corrected chi connectivity index (χ2v) is 3.80. The molecule has 0 bridgehead atoms. The Hall–Kier alpha value is -1.64. The largest absolute Gasteiger partial charge is 0.272 e. The number of carbonyl (C=O) groups excluding carboxylic acids is 1. The van der Waals surface area contributed by atoms with E-state index in [0.29, 0.717) is 0 Å². The highest BCUT2D eigenvalue weighted by molar-refractivity contribution is 6.16. The molecule has 3 nitrogen and oxygen atoms in total. The first-order chi connectivity index (χ1) is 7.22. The number of hydrogen-bond donors (Lipinski definition) is 1. The maximum Gasteiger partial charge on any atom is 0.249 e. The van der Waals surface area contributed by atoms with Gasteiger partial charge in [0.2, 0.25) is 5.91 Å². The molecule has 1 atom stereocenters. The quantitative estimate of drug-likeness (QED) is 0.781.